The lowest BCUT2D eigenvalue weighted by Crippen LogP contribution is -2.32. The van der Waals surface area contributed by atoms with E-state index in [4.69, 9.17) is 4.74 Å². The van der Waals surface area contributed by atoms with Gasteiger partial charge in [-0.2, -0.15) is 0 Å². The fraction of sp³-hybridized carbons (Fsp3) is 1.00. The van der Waals surface area contributed by atoms with Crippen LogP contribution in [0.2, 0.25) is 0 Å². The van der Waals surface area contributed by atoms with Gasteiger partial charge in [0.25, 0.3) is 0 Å². The Balaban J connectivity index is 1.68. The van der Waals surface area contributed by atoms with Crippen molar-refractivity contribution in [1.29, 1.82) is 0 Å². The molecule has 0 aromatic rings. The van der Waals surface area contributed by atoms with E-state index in [2.05, 4.69) is 13.8 Å². The molecule has 0 heterocycles. The molecule has 1 heteroatoms. The van der Waals surface area contributed by atoms with Crippen LogP contribution in [0, 0.1) is 17.8 Å². The second kappa shape index (κ2) is 6.05. The van der Waals surface area contributed by atoms with E-state index in [9.17, 15) is 0 Å². The topological polar surface area (TPSA) is 9.23 Å². The molecular formula is C15H28O. The Morgan fingerprint density at radius 2 is 1.75 bits per heavy atom. The van der Waals surface area contributed by atoms with Crippen LogP contribution >= 0.6 is 0 Å². The van der Waals surface area contributed by atoms with Gasteiger partial charge in [0.15, 0.2) is 0 Å². The molecular weight excluding hydrogens is 196 g/mol. The highest BCUT2D eigenvalue weighted by molar-refractivity contribution is 4.83. The number of fused-ring (bicyclic) bond motifs is 1. The first-order chi connectivity index (χ1) is 7.75. The van der Waals surface area contributed by atoms with Gasteiger partial charge in [0.2, 0.25) is 0 Å². The van der Waals surface area contributed by atoms with E-state index in [1.807, 2.05) is 0 Å². The minimum atomic E-state index is 0.595. The summed E-state index contributed by atoms with van der Waals surface area (Å²) in [5.41, 5.74) is 0. The summed E-state index contributed by atoms with van der Waals surface area (Å²) in [5, 5.41) is 0. The third kappa shape index (κ3) is 3.48. The SMILES string of the molecule is CC(C)CCOC1CCC2CCCCC2C1. The summed E-state index contributed by atoms with van der Waals surface area (Å²) in [6, 6.07) is 0. The third-order valence-corrected chi connectivity index (χ3v) is 4.54. The molecule has 2 aliphatic rings. The van der Waals surface area contributed by atoms with Gasteiger partial charge in [0, 0.05) is 6.61 Å². The van der Waals surface area contributed by atoms with Gasteiger partial charge in [-0.1, -0.05) is 39.5 Å². The van der Waals surface area contributed by atoms with Gasteiger partial charge >= 0.3 is 0 Å². The smallest absolute Gasteiger partial charge is 0.0578 e. The molecule has 3 atom stereocenters. The summed E-state index contributed by atoms with van der Waals surface area (Å²) < 4.78 is 6.04. The zero-order valence-electron chi connectivity index (χ0n) is 11.1. The zero-order chi connectivity index (χ0) is 11.4. The van der Waals surface area contributed by atoms with Gasteiger partial charge in [-0.05, 0) is 43.4 Å². The normalized spacial score (nSPS) is 35.1. The second-order valence-corrected chi connectivity index (χ2v) is 6.29. The Labute approximate surface area is 101 Å². The van der Waals surface area contributed by atoms with Gasteiger partial charge in [-0.25, -0.2) is 0 Å². The minimum absolute atomic E-state index is 0.595. The molecule has 2 fully saturated rings. The third-order valence-electron chi connectivity index (χ3n) is 4.54. The van der Waals surface area contributed by atoms with Crippen molar-refractivity contribution in [3.8, 4) is 0 Å². The monoisotopic (exact) mass is 224 g/mol. The minimum Gasteiger partial charge on any atom is -0.378 e. The highest BCUT2D eigenvalue weighted by atomic mass is 16.5. The first kappa shape index (κ1) is 12.4. The predicted molar refractivity (Wildman–Crippen MR) is 68.5 cm³/mol. The van der Waals surface area contributed by atoms with Crippen molar-refractivity contribution >= 4 is 0 Å². The summed E-state index contributed by atoms with van der Waals surface area (Å²) >= 11 is 0. The molecule has 0 bridgehead atoms. The predicted octanol–water partition coefficient (Wildman–Crippen LogP) is 4.41. The first-order valence-electron chi connectivity index (χ1n) is 7.37. The number of hydrogen-bond donors (Lipinski definition) is 0. The lowest BCUT2D eigenvalue weighted by Gasteiger charge is -2.39. The van der Waals surface area contributed by atoms with E-state index < -0.39 is 0 Å². The summed E-state index contributed by atoms with van der Waals surface area (Å²) in [6.45, 7) is 5.54. The maximum Gasteiger partial charge on any atom is 0.0578 e. The molecule has 94 valence electrons. The summed E-state index contributed by atoms with van der Waals surface area (Å²) in [7, 11) is 0. The Morgan fingerprint density at radius 1 is 1.00 bits per heavy atom. The van der Waals surface area contributed by atoms with E-state index in [1.54, 1.807) is 0 Å². The van der Waals surface area contributed by atoms with E-state index in [-0.39, 0.29) is 0 Å². The molecule has 0 aromatic heterocycles. The van der Waals surface area contributed by atoms with Crippen molar-refractivity contribution in [3.63, 3.8) is 0 Å². The Morgan fingerprint density at radius 3 is 2.50 bits per heavy atom. The summed E-state index contributed by atoms with van der Waals surface area (Å²) in [5.74, 6) is 2.84. The maximum atomic E-state index is 6.04. The van der Waals surface area contributed by atoms with Gasteiger partial charge < -0.3 is 4.74 Å². The highest BCUT2D eigenvalue weighted by Crippen LogP contribution is 2.41. The van der Waals surface area contributed by atoms with Gasteiger partial charge in [-0.15, -0.1) is 0 Å². The highest BCUT2D eigenvalue weighted by Gasteiger charge is 2.32. The lowest BCUT2D eigenvalue weighted by molar-refractivity contribution is -0.0162. The van der Waals surface area contributed by atoms with Crippen molar-refractivity contribution in [1.82, 2.24) is 0 Å². The van der Waals surface area contributed by atoms with Crippen LogP contribution in [0.4, 0.5) is 0 Å². The molecule has 0 radical (unpaired) electrons. The fourth-order valence-electron chi connectivity index (χ4n) is 3.45. The molecule has 2 rings (SSSR count). The molecule has 0 amide bonds. The van der Waals surface area contributed by atoms with Crippen molar-refractivity contribution in [3.05, 3.63) is 0 Å². The van der Waals surface area contributed by atoms with Crippen molar-refractivity contribution < 1.29 is 4.74 Å². The Bertz CT molecular complexity index is 200. The van der Waals surface area contributed by atoms with Crippen LogP contribution in [0.25, 0.3) is 0 Å². The standard InChI is InChI=1S/C15H28O/c1-12(2)9-10-16-15-8-7-13-5-3-4-6-14(13)11-15/h12-15H,3-11H2,1-2H3. The van der Waals surface area contributed by atoms with Crippen LogP contribution < -0.4 is 0 Å². The molecule has 0 saturated heterocycles. The van der Waals surface area contributed by atoms with E-state index in [1.165, 1.54) is 51.4 Å². The Kier molecular flexibility index (Phi) is 4.69. The molecule has 1 nitrogen and oxygen atoms in total. The van der Waals surface area contributed by atoms with Crippen molar-refractivity contribution in [2.24, 2.45) is 17.8 Å². The molecule has 3 unspecified atom stereocenters. The largest absolute Gasteiger partial charge is 0.378 e. The van der Waals surface area contributed by atoms with Crippen LogP contribution in [0.1, 0.15) is 65.2 Å². The van der Waals surface area contributed by atoms with E-state index >= 15 is 0 Å². The van der Waals surface area contributed by atoms with Crippen LogP contribution in [0.15, 0.2) is 0 Å². The van der Waals surface area contributed by atoms with Gasteiger partial charge in [-0.3, -0.25) is 0 Å². The second-order valence-electron chi connectivity index (χ2n) is 6.29. The summed E-state index contributed by atoms with van der Waals surface area (Å²) in [4.78, 5) is 0. The average Bonchev–Trinajstić information content (AvgIpc) is 2.28. The van der Waals surface area contributed by atoms with Crippen molar-refractivity contribution in [2.45, 2.75) is 71.3 Å². The lowest BCUT2D eigenvalue weighted by atomic mass is 9.70. The van der Waals surface area contributed by atoms with Crippen molar-refractivity contribution in [2.75, 3.05) is 6.61 Å². The molecule has 2 saturated carbocycles. The number of hydrogen-bond acceptors (Lipinski definition) is 1. The quantitative estimate of drug-likeness (QED) is 0.687. The van der Waals surface area contributed by atoms with Gasteiger partial charge in [0.05, 0.1) is 6.10 Å². The Hall–Kier alpha value is -0.0400. The van der Waals surface area contributed by atoms with E-state index in [0.717, 1.165) is 24.4 Å². The average molecular weight is 224 g/mol. The van der Waals surface area contributed by atoms with Crippen LogP contribution in [0.5, 0.6) is 0 Å². The molecule has 0 aliphatic heterocycles. The van der Waals surface area contributed by atoms with Gasteiger partial charge in [0.1, 0.15) is 0 Å². The molecule has 0 aromatic carbocycles. The van der Waals surface area contributed by atoms with Crippen LogP contribution in [0.3, 0.4) is 0 Å². The van der Waals surface area contributed by atoms with Crippen LogP contribution in [-0.2, 0) is 4.74 Å². The van der Waals surface area contributed by atoms with Crippen LogP contribution in [-0.4, -0.2) is 12.7 Å². The zero-order valence-corrected chi connectivity index (χ0v) is 11.1. The number of rotatable bonds is 4. The fourth-order valence-corrected chi connectivity index (χ4v) is 3.45. The van der Waals surface area contributed by atoms with E-state index in [0.29, 0.717) is 6.10 Å². The molecule has 0 N–H and O–H groups in total. The summed E-state index contributed by atoms with van der Waals surface area (Å²) in [6.07, 6.45) is 11.9. The molecule has 0 spiro atoms. The number of ether oxygens (including phenoxy) is 1. The first-order valence-corrected chi connectivity index (χ1v) is 7.37. The maximum absolute atomic E-state index is 6.04. The molecule has 16 heavy (non-hydrogen) atoms. The molecule has 2 aliphatic carbocycles.